The van der Waals surface area contributed by atoms with E-state index in [9.17, 15) is 14.4 Å². The van der Waals surface area contributed by atoms with Crippen LogP contribution in [-0.4, -0.2) is 30.8 Å². The van der Waals surface area contributed by atoms with Crippen molar-refractivity contribution in [2.24, 2.45) is 11.8 Å². The predicted molar refractivity (Wildman–Crippen MR) is 97.3 cm³/mol. The number of benzene rings is 1. The van der Waals surface area contributed by atoms with Crippen LogP contribution in [0.1, 0.15) is 56.5 Å². The molecule has 0 spiro atoms. The average Bonchev–Trinajstić information content (AvgIpc) is 2.56. The Hall–Kier alpha value is -2.17. The van der Waals surface area contributed by atoms with Crippen molar-refractivity contribution in [3.05, 3.63) is 35.4 Å². The zero-order valence-electron chi connectivity index (χ0n) is 15.8. The Morgan fingerprint density at radius 2 is 1.60 bits per heavy atom. The highest BCUT2D eigenvalue weighted by atomic mass is 16.5. The highest BCUT2D eigenvalue weighted by Crippen LogP contribution is 2.12. The first-order valence-corrected chi connectivity index (χ1v) is 8.74. The number of nitrogens with one attached hydrogen (secondary N) is 1. The number of ether oxygens (including phenoxy) is 1. The highest BCUT2D eigenvalue weighted by Gasteiger charge is 2.24. The molecule has 5 heteroatoms. The lowest BCUT2D eigenvalue weighted by molar-refractivity contribution is -0.146. The smallest absolute Gasteiger partial charge is 0.328 e. The van der Waals surface area contributed by atoms with E-state index >= 15 is 0 Å². The van der Waals surface area contributed by atoms with Crippen LogP contribution < -0.4 is 5.32 Å². The van der Waals surface area contributed by atoms with Crippen molar-refractivity contribution < 1.29 is 19.1 Å². The van der Waals surface area contributed by atoms with Crippen molar-refractivity contribution in [1.29, 1.82) is 0 Å². The number of methoxy groups -OCH3 is 1. The third-order valence-corrected chi connectivity index (χ3v) is 3.94. The predicted octanol–water partition coefficient (Wildman–Crippen LogP) is 3.16. The van der Waals surface area contributed by atoms with Crippen LogP contribution >= 0.6 is 0 Å². The van der Waals surface area contributed by atoms with Gasteiger partial charge in [-0.2, -0.15) is 0 Å². The van der Waals surface area contributed by atoms with Crippen LogP contribution in [0.15, 0.2) is 24.3 Å². The lowest BCUT2D eigenvalue weighted by Crippen LogP contribution is -2.45. The van der Waals surface area contributed by atoms with Crippen molar-refractivity contribution >= 4 is 17.7 Å². The molecule has 0 bridgehead atoms. The topological polar surface area (TPSA) is 72.5 Å². The van der Waals surface area contributed by atoms with Crippen LogP contribution in [0.5, 0.6) is 0 Å². The van der Waals surface area contributed by atoms with E-state index in [0.29, 0.717) is 11.5 Å². The molecule has 0 heterocycles. The van der Waals surface area contributed by atoms with Gasteiger partial charge in [0.05, 0.1) is 7.11 Å². The Kier molecular flexibility index (Phi) is 8.32. The molecule has 1 aromatic rings. The van der Waals surface area contributed by atoms with Gasteiger partial charge in [0.1, 0.15) is 6.04 Å². The van der Waals surface area contributed by atoms with Crippen molar-refractivity contribution in [1.82, 2.24) is 5.32 Å². The number of hydrogen-bond donors (Lipinski definition) is 1. The first-order valence-electron chi connectivity index (χ1n) is 8.74. The summed E-state index contributed by atoms with van der Waals surface area (Å²) >= 11 is 0. The number of amides is 1. The zero-order valence-corrected chi connectivity index (χ0v) is 15.8. The second-order valence-electron chi connectivity index (χ2n) is 7.03. The third-order valence-electron chi connectivity index (χ3n) is 3.94. The number of rotatable bonds is 9. The molecule has 0 aliphatic heterocycles. The maximum atomic E-state index is 12.2. The van der Waals surface area contributed by atoms with Crippen molar-refractivity contribution in [3.8, 4) is 0 Å². The molecule has 1 N–H and O–H groups in total. The van der Waals surface area contributed by atoms with Crippen LogP contribution in [-0.2, 0) is 20.7 Å². The fraction of sp³-hybridized carbons (Fsp3) is 0.550. The molecule has 0 fully saturated rings. The highest BCUT2D eigenvalue weighted by molar-refractivity contribution is 5.98. The van der Waals surface area contributed by atoms with E-state index in [0.717, 1.165) is 6.42 Å². The second-order valence-corrected chi connectivity index (χ2v) is 7.03. The maximum Gasteiger partial charge on any atom is 0.328 e. The number of carbonyl (C=O) groups excluding carboxylic acids is 3. The van der Waals surface area contributed by atoms with Crippen molar-refractivity contribution in [2.75, 3.05) is 7.11 Å². The molecule has 1 rings (SSSR count). The van der Waals surface area contributed by atoms with Gasteiger partial charge in [-0.15, -0.1) is 0 Å². The second kappa shape index (κ2) is 9.97. The van der Waals surface area contributed by atoms with Gasteiger partial charge in [0.15, 0.2) is 5.78 Å². The first kappa shape index (κ1) is 20.9. The molecular formula is C20H29NO4. The normalized spacial score (nSPS) is 12.1. The summed E-state index contributed by atoms with van der Waals surface area (Å²) in [5.41, 5.74) is 1.80. The third kappa shape index (κ3) is 7.08. The van der Waals surface area contributed by atoms with E-state index in [-0.39, 0.29) is 30.4 Å². The van der Waals surface area contributed by atoms with E-state index in [2.05, 4.69) is 23.9 Å². The van der Waals surface area contributed by atoms with Gasteiger partial charge in [-0.05, 0) is 23.8 Å². The van der Waals surface area contributed by atoms with E-state index < -0.39 is 12.0 Å². The molecule has 1 aromatic carbocycles. The summed E-state index contributed by atoms with van der Waals surface area (Å²) in [6, 6.07) is 6.84. The van der Waals surface area contributed by atoms with Gasteiger partial charge in [-0.3, -0.25) is 9.59 Å². The number of esters is 1. The van der Waals surface area contributed by atoms with E-state index in [1.165, 1.54) is 12.7 Å². The lowest BCUT2D eigenvalue weighted by atomic mass is 9.99. The minimum absolute atomic E-state index is 0.0484. The quantitative estimate of drug-likeness (QED) is 0.550. The van der Waals surface area contributed by atoms with Gasteiger partial charge in [0, 0.05) is 18.4 Å². The maximum absolute atomic E-state index is 12.2. The van der Waals surface area contributed by atoms with Gasteiger partial charge in [-0.1, -0.05) is 52.0 Å². The van der Waals surface area contributed by atoms with Crippen LogP contribution in [0.25, 0.3) is 0 Å². The van der Waals surface area contributed by atoms with E-state index in [4.69, 9.17) is 0 Å². The summed E-state index contributed by atoms with van der Waals surface area (Å²) in [7, 11) is 1.29. The number of hydrogen-bond acceptors (Lipinski definition) is 4. The van der Waals surface area contributed by atoms with Gasteiger partial charge in [0.2, 0.25) is 5.91 Å². The molecule has 25 heavy (non-hydrogen) atoms. The molecule has 0 radical (unpaired) electrons. The molecule has 0 saturated carbocycles. The Balaban J connectivity index is 2.55. The van der Waals surface area contributed by atoms with Gasteiger partial charge in [-0.25, -0.2) is 4.79 Å². The summed E-state index contributed by atoms with van der Waals surface area (Å²) in [5.74, 6) is -0.399. The Bertz CT molecular complexity index is 590. The van der Waals surface area contributed by atoms with Gasteiger partial charge < -0.3 is 10.1 Å². The monoisotopic (exact) mass is 347 g/mol. The minimum atomic E-state index is -0.692. The lowest BCUT2D eigenvalue weighted by Gasteiger charge is -2.19. The molecule has 0 saturated heterocycles. The molecule has 1 unspecified atom stereocenters. The summed E-state index contributed by atoms with van der Waals surface area (Å²) in [4.78, 5) is 35.9. The first-order chi connectivity index (χ1) is 11.7. The summed E-state index contributed by atoms with van der Waals surface area (Å²) < 4.78 is 4.69. The van der Waals surface area contributed by atoms with Crippen LogP contribution in [0.2, 0.25) is 0 Å². The molecular weight excluding hydrogens is 318 g/mol. The van der Waals surface area contributed by atoms with Gasteiger partial charge in [0.25, 0.3) is 0 Å². The molecule has 0 aliphatic rings. The number of ketones is 1. The molecule has 138 valence electrons. The average molecular weight is 347 g/mol. The molecule has 1 atom stereocenters. The van der Waals surface area contributed by atoms with Gasteiger partial charge >= 0.3 is 5.97 Å². The SMILES string of the molecule is COC(=O)C(NC(=O)CCC(=O)c1ccc(CC(C)C)cc1)C(C)C. The molecule has 0 aliphatic carbocycles. The zero-order chi connectivity index (χ0) is 19.0. The minimum Gasteiger partial charge on any atom is -0.467 e. The van der Waals surface area contributed by atoms with Crippen LogP contribution in [0.3, 0.4) is 0 Å². The van der Waals surface area contributed by atoms with E-state index in [1.807, 2.05) is 38.1 Å². The number of Topliss-reactive ketones (excluding diaryl/α,β-unsaturated/α-hetero) is 1. The summed E-state index contributed by atoms with van der Waals surface area (Å²) in [5, 5.41) is 2.64. The molecule has 1 amide bonds. The van der Waals surface area contributed by atoms with E-state index in [1.54, 1.807) is 0 Å². The van der Waals surface area contributed by atoms with Crippen molar-refractivity contribution in [3.63, 3.8) is 0 Å². The fourth-order valence-electron chi connectivity index (χ4n) is 2.54. The fourth-order valence-corrected chi connectivity index (χ4v) is 2.54. The van der Waals surface area contributed by atoms with Crippen LogP contribution in [0, 0.1) is 11.8 Å². The molecule has 5 nitrogen and oxygen atoms in total. The Morgan fingerprint density at radius 1 is 1.00 bits per heavy atom. The standard InChI is InChI=1S/C20H29NO4/c1-13(2)12-15-6-8-16(9-7-15)17(22)10-11-18(23)21-19(14(3)4)20(24)25-5/h6-9,13-14,19H,10-12H2,1-5H3,(H,21,23). The molecule has 0 aromatic heterocycles. The van der Waals surface area contributed by atoms with Crippen molar-refractivity contribution in [2.45, 2.75) is 53.0 Å². The largest absolute Gasteiger partial charge is 0.467 e. The number of carbonyl (C=O) groups is 3. The Morgan fingerprint density at radius 3 is 2.08 bits per heavy atom. The van der Waals surface area contributed by atoms with Crippen LogP contribution in [0.4, 0.5) is 0 Å². The Labute approximate surface area is 150 Å². The summed E-state index contributed by atoms with van der Waals surface area (Å²) in [6.07, 6.45) is 1.13. The summed E-state index contributed by atoms with van der Waals surface area (Å²) in [6.45, 7) is 7.95.